The van der Waals surface area contributed by atoms with E-state index in [2.05, 4.69) is 5.32 Å². The molecule has 0 fully saturated rings. The van der Waals surface area contributed by atoms with Gasteiger partial charge in [0.05, 0.1) is 0 Å². The van der Waals surface area contributed by atoms with Gasteiger partial charge in [0.15, 0.2) is 0 Å². The number of rotatable bonds is 5. The summed E-state index contributed by atoms with van der Waals surface area (Å²) in [5.74, 6) is -0.187. The molecule has 0 saturated heterocycles. The summed E-state index contributed by atoms with van der Waals surface area (Å²) in [5.41, 5.74) is 3.19. The molecule has 1 nitrogen and oxygen atoms in total. The van der Waals surface area contributed by atoms with Crippen molar-refractivity contribution >= 4 is 23.2 Å². The molecule has 0 radical (unpaired) electrons. The second-order valence-electron chi connectivity index (χ2n) is 4.78. The van der Waals surface area contributed by atoms with Crippen LogP contribution >= 0.6 is 23.2 Å². The zero-order chi connectivity index (χ0) is 14.5. The first-order chi connectivity index (χ1) is 9.54. The second kappa shape index (κ2) is 7.07. The van der Waals surface area contributed by atoms with E-state index in [1.165, 1.54) is 6.07 Å². The van der Waals surface area contributed by atoms with Gasteiger partial charge in [-0.3, -0.25) is 0 Å². The summed E-state index contributed by atoms with van der Waals surface area (Å²) < 4.78 is 13.0. The Bertz CT molecular complexity index is 579. The van der Waals surface area contributed by atoms with E-state index >= 15 is 0 Å². The van der Waals surface area contributed by atoms with Gasteiger partial charge in [0.2, 0.25) is 0 Å². The van der Waals surface area contributed by atoms with Gasteiger partial charge in [-0.05, 0) is 66.9 Å². The van der Waals surface area contributed by atoms with E-state index in [4.69, 9.17) is 23.2 Å². The third-order valence-electron chi connectivity index (χ3n) is 3.13. The van der Waals surface area contributed by atoms with Crippen LogP contribution < -0.4 is 5.32 Å². The van der Waals surface area contributed by atoms with Crippen LogP contribution in [0.4, 0.5) is 4.39 Å². The van der Waals surface area contributed by atoms with Gasteiger partial charge < -0.3 is 5.32 Å². The minimum atomic E-state index is -0.187. The fourth-order valence-electron chi connectivity index (χ4n) is 2.11. The smallest absolute Gasteiger partial charge is 0.123 e. The first-order valence-electron chi connectivity index (χ1n) is 6.45. The summed E-state index contributed by atoms with van der Waals surface area (Å²) in [4.78, 5) is 0. The van der Waals surface area contributed by atoms with Crippen LogP contribution in [0.15, 0.2) is 36.4 Å². The van der Waals surface area contributed by atoms with Gasteiger partial charge >= 0.3 is 0 Å². The lowest BCUT2D eigenvalue weighted by Gasteiger charge is -2.08. The van der Waals surface area contributed by atoms with Crippen molar-refractivity contribution in [1.82, 2.24) is 5.32 Å². The number of benzene rings is 2. The van der Waals surface area contributed by atoms with Gasteiger partial charge in [-0.1, -0.05) is 29.3 Å². The maximum absolute atomic E-state index is 13.0. The van der Waals surface area contributed by atoms with Crippen molar-refractivity contribution < 1.29 is 4.39 Å². The average molecular weight is 312 g/mol. The van der Waals surface area contributed by atoms with Crippen molar-refractivity contribution in [1.29, 1.82) is 0 Å². The monoisotopic (exact) mass is 311 g/mol. The number of hydrogen-bond donors (Lipinski definition) is 1. The van der Waals surface area contributed by atoms with E-state index in [0.29, 0.717) is 16.6 Å². The highest BCUT2D eigenvalue weighted by molar-refractivity contribution is 6.34. The topological polar surface area (TPSA) is 12.0 Å². The fraction of sp³-hybridized carbons (Fsp3) is 0.250. The van der Waals surface area contributed by atoms with Gasteiger partial charge in [0, 0.05) is 16.6 Å². The van der Waals surface area contributed by atoms with E-state index in [-0.39, 0.29) is 5.82 Å². The molecule has 2 aromatic carbocycles. The van der Waals surface area contributed by atoms with Crippen LogP contribution in [0.1, 0.15) is 16.7 Å². The maximum atomic E-state index is 13.0. The molecule has 2 rings (SSSR count). The van der Waals surface area contributed by atoms with Crippen LogP contribution in [-0.2, 0) is 13.0 Å². The van der Waals surface area contributed by atoms with Crippen molar-refractivity contribution in [2.75, 3.05) is 6.54 Å². The molecule has 0 bridgehead atoms. The number of nitrogens with one attached hydrogen (secondary N) is 1. The van der Waals surface area contributed by atoms with Crippen molar-refractivity contribution in [2.24, 2.45) is 0 Å². The van der Waals surface area contributed by atoms with Gasteiger partial charge in [-0.15, -0.1) is 0 Å². The molecule has 106 valence electrons. The predicted octanol–water partition coefficient (Wildman–Crippen LogP) is 4.77. The second-order valence-corrected chi connectivity index (χ2v) is 5.65. The largest absolute Gasteiger partial charge is 0.312 e. The zero-order valence-corrected chi connectivity index (χ0v) is 12.7. The van der Waals surface area contributed by atoms with Crippen molar-refractivity contribution in [3.05, 3.63) is 69.0 Å². The third-order valence-corrected chi connectivity index (χ3v) is 3.56. The van der Waals surface area contributed by atoms with Crippen LogP contribution in [0.3, 0.4) is 0 Å². The normalized spacial score (nSPS) is 10.8. The van der Waals surface area contributed by atoms with Crippen LogP contribution in [0, 0.1) is 12.7 Å². The SMILES string of the molecule is Cc1cc(F)ccc1CCNCc1cc(Cl)cc(Cl)c1. The number of halogens is 3. The summed E-state index contributed by atoms with van der Waals surface area (Å²) in [5, 5.41) is 4.62. The molecule has 20 heavy (non-hydrogen) atoms. The van der Waals surface area contributed by atoms with Crippen molar-refractivity contribution in [3.63, 3.8) is 0 Å². The Morgan fingerprint density at radius 3 is 2.40 bits per heavy atom. The Morgan fingerprint density at radius 1 is 1.05 bits per heavy atom. The summed E-state index contributed by atoms with van der Waals surface area (Å²) in [6, 6.07) is 10.4. The quantitative estimate of drug-likeness (QED) is 0.784. The first kappa shape index (κ1) is 15.3. The lowest BCUT2D eigenvalue weighted by Crippen LogP contribution is -2.17. The highest BCUT2D eigenvalue weighted by atomic mass is 35.5. The molecule has 0 amide bonds. The average Bonchev–Trinajstić information content (AvgIpc) is 2.35. The van der Waals surface area contributed by atoms with Crippen LogP contribution in [-0.4, -0.2) is 6.54 Å². The molecular weight excluding hydrogens is 296 g/mol. The van der Waals surface area contributed by atoms with E-state index in [0.717, 1.165) is 29.7 Å². The molecular formula is C16H16Cl2FN. The molecule has 0 unspecified atom stereocenters. The van der Waals surface area contributed by atoms with Crippen LogP contribution in [0.5, 0.6) is 0 Å². The molecule has 0 heterocycles. The standard InChI is InChI=1S/C16H16Cl2FN/c1-11-6-16(19)3-2-13(11)4-5-20-10-12-7-14(17)9-15(18)8-12/h2-3,6-9,20H,4-5,10H2,1H3. The number of aryl methyl sites for hydroxylation is 1. The van der Waals surface area contributed by atoms with Crippen LogP contribution in [0.25, 0.3) is 0 Å². The third kappa shape index (κ3) is 4.48. The summed E-state index contributed by atoms with van der Waals surface area (Å²) in [6.45, 7) is 3.45. The molecule has 0 aliphatic carbocycles. The summed E-state index contributed by atoms with van der Waals surface area (Å²) in [7, 11) is 0. The molecule has 0 spiro atoms. The van der Waals surface area contributed by atoms with E-state index < -0.39 is 0 Å². The first-order valence-corrected chi connectivity index (χ1v) is 7.21. The molecule has 2 aromatic rings. The number of hydrogen-bond acceptors (Lipinski definition) is 1. The Balaban J connectivity index is 1.84. The lowest BCUT2D eigenvalue weighted by molar-refractivity contribution is 0.624. The highest BCUT2D eigenvalue weighted by Crippen LogP contribution is 2.18. The summed E-state index contributed by atoms with van der Waals surface area (Å²) >= 11 is 11.9. The van der Waals surface area contributed by atoms with Gasteiger partial charge in [-0.25, -0.2) is 4.39 Å². The molecule has 0 aliphatic heterocycles. The molecule has 0 aliphatic rings. The Morgan fingerprint density at radius 2 is 1.75 bits per heavy atom. The summed E-state index contributed by atoms with van der Waals surface area (Å²) in [6.07, 6.45) is 0.862. The maximum Gasteiger partial charge on any atom is 0.123 e. The molecule has 0 saturated carbocycles. The van der Waals surface area contributed by atoms with Gasteiger partial charge in [0.25, 0.3) is 0 Å². The van der Waals surface area contributed by atoms with Crippen LogP contribution in [0.2, 0.25) is 10.0 Å². The fourth-order valence-corrected chi connectivity index (χ4v) is 2.68. The van der Waals surface area contributed by atoms with Crippen molar-refractivity contribution in [3.8, 4) is 0 Å². The van der Waals surface area contributed by atoms with Gasteiger partial charge in [-0.2, -0.15) is 0 Å². The van der Waals surface area contributed by atoms with Gasteiger partial charge in [0.1, 0.15) is 5.82 Å². The zero-order valence-electron chi connectivity index (χ0n) is 11.2. The molecule has 0 aromatic heterocycles. The minimum Gasteiger partial charge on any atom is -0.312 e. The minimum absolute atomic E-state index is 0.187. The van der Waals surface area contributed by atoms with E-state index in [1.807, 2.05) is 25.1 Å². The Hall–Kier alpha value is -1.09. The lowest BCUT2D eigenvalue weighted by atomic mass is 10.1. The molecule has 4 heteroatoms. The molecule has 1 N–H and O–H groups in total. The van der Waals surface area contributed by atoms with E-state index in [1.54, 1.807) is 12.1 Å². The Labute approximate surface area is 128 Å². The highest BCUT2D eigenvalue weighted by Gasteiger charge is 2.01. The van der Waals surface area contributed by atoms with E-state index in [9.17, 15) is 4.39 Å². The molecule has 0 atom stereocenters. The van der Waals surface area contributed by atoms with Crippen molar-refractivity contribution in [2.45, 2.75) is 19.9 Å². The Kier molecular flexibility index (Phi) is 5.41. The predicted molar refractivity (Wildman–Crippen MR) is 83.0 cm³/mol.